The Bertz CT molecular complexity index is 841. The third kappa shape index (κ3) is 7.79. The summed E-state index contributed by atoms with van der Waals surface area (Å²) in [6, 6.07) is 2.24. The molecule has 0 aliphatic heterocycles. The Hall–Kier alpha value is -2.74. The highest BCUT2D eigenvalue weighted by Crippen LogP contribution is 2.32. The topological polar surface area (TPSA) is 75.3 Å². The number of aliphatic imine (C=N–C) groups is 1. The molecule has 1 aliphatic carbocycles. The molecule has 1 unspecified atom stereocenters. The first-order valence-corrected chi connectivity index (χ1v) is 11.1. The molecule has 2 rings (SSSR count). The molecular formula is C26H37N3O2. The number of hydrogen-bond acceptors (Lipinski definition) is 5. The van der Waals surface area contributed by atoms with Crippen LogP contribution in [0.3, 0.4) is 0 Å². The molecule has 0 saturated heterocycles. The summed E-state index contributed by atoms with van der Waals surface area (Å²) in [5.74, 6) is 1.12. The highest BCUT2D eigenvalue weighted by Gasteiger charge is 2.21. The summed E-state index contributed by atoms with van der Waals surface area (Å²) in [5.41, 5.74) is 3.66. The summed E-state index contributed by atoms with van der Waals surface area (Å²) in [5, 5.41) is 8.45. The molecule has 0 aromatic carbocycles. The Balaban J connectivity index is 0.000000399. The van der Waals surface area contributed by atoms with Gasteiger partial charge in [-0.05, 0) is 45.1 Å². The molecule has 1 aromatic rings. The van der Waals surface area contributed by atoms with Crippen molar-refractivity contribution in [3.8, 4) is 6.07 Å². The molecule has 1 fully saturated rings. The molecule has 168 valence electrons. The highest BCUT2D eigenvalue weighted by molar-refractivity contribution is 6.14. The van der Waals surface area contributed by atoms with Crippen molar-refractivity contribution in [1.29, 1.82) is 5.26 Å². The molecule has 31 heavy (non-hydrogen) atoms. The molecule has 0 radical (unpaired) electrons. The van der Waals surface area contributed by atoms with Crippen LogP contribution in [0.5, 0.6) is 0 Å². The molecule has 1 heterocycles. The van der Waals surface area contributed by atoms with Crippen LogP contribution in [0.25, 0.3) is 11.6 Å². The van der Waals surface area contributed by atoms with Gasteiger partial charge < -0.3 is 4.74 Å². The van der Waals surface area contributed by atoms with Crippen LogP contribution in [0, 0.1) is 30.1 Å². The lowest BCUT2D eigenvalue weighted by atomic mass is 9.90. The quantitative estimate of drug-likeness (QED) is 0.374. The van der Waals surface area contributed by atoms with Crippen LogP contribution in [0.4, 0.5) is 0 Å². The smallest absolute Gasteiger partial charge is 0.340 e. The number of aromatic nitrogens is 1. The Morgan fingerprint density at radius 3 is 2.52 bits per heavy atom. The van der Waals surface area contributed by atoms with E-state index in [1.807, 2.05) is 33.8 Å². The second-order valence-corrected chi connectivity index (χ2v) is 8.22. The van der Waals surface area contributed by atoms with Gasteiger partial charge in [-0.25, -0.2) is 4.79 Å². The van der Waals surface area contributed by atoms with Gasteiger partial charge in [-0.3, -0.25) is 9.98 Å². The van der Waals surface area contributed by atoms with Crippen LogP contribution in [0.2, 0.25) is 0 Å². The van der Waals surface area contributed by atoms with Crippen molar-refractivity contribution in [3.05, 3.63) is 41.2 Å². The van der Waals surface area contributed by atoms with Crippen molar-refractivity contribution in [2.24, 2.45) is 16.8 Å². The predicted octanol–water partition coefficient (Wildman–Crippen LogP) is 6.43. The van der Waals surface area contributed by atoms with Crippen LogP contribution in [0.1, 0.15) is 87.0 Å². The van der Waals surface area contributed by atoms with Crippen LogP contribution in [0.15, 0.2) is 23.8 Å². The number of pyridine rings is 1. The largest absolute Gasteiger partial charge is 0.459 e. The molecule has 0 N–H and O–H groups in total. The third-order valence-corrected chi connectivity index (χ3v) is 5.57. The Labute approximate surface area is 187 Å². The average Bonchev–Trinajstić information content (AvgIpc) is 3.27. The van der Waals surface area contributed by atoms with E-state index in [0.29, 0.717) is 11.5 Å². The third-order valence-electron chi connectivity index (χ3n) is 5.57. The molecule has 1 aromatic heterocycles. The molecule has 0 amide bonds. The van der Waals surface area contributed by atoms with Gasteiger partial charge in [-0.15, -0.1) is 0 Å². The van der Waals surface area contributed by atoms with E-state index in [1.165, 1.54) is 25.7 Å². The van der Waals surface area contributed by atoms with Gasteiger partial charge in [0.2, 0.25) is 0 Å². The van der Waals surface area contributed by atoms with E-state index in [1.54, 1.807) is 25.5 Å². The monoisotopic (exact) mass is 423 g/mol. The summed E-state index contributed by atoms with van der Waals surface area (Å²) in [7, 11) is 1.69. The van der Waals surface area contributed by atoms with Gasteiger partial charge in [-0.1, -0.05) is 51.3 Å². The highest BCUT2D eigenvalue weighted by atomic mass is 16.5. The first kappa shape index (κ1) is 26.3. The van der Waals surface area contributed by atoms with Crippen molar-refractivity contribution < 1.29 is 9.53 Å². The molecule has 1 saturated carbocycles. The average molecular weight is 424 g/mol. The summed E-state index contributed by atoms with van der Waals surface area (Å²) >= 11 is 0. The lowest BCUT2D eigenvalue weighted by Crippen LogP contribution is -2.15. The number of carbonyl (C=O) groups excluding carboxylic acids is 1. The lowest BCUT2D eigenvalue weighted by molar-refractivity contribution is 0.0377. The maximum atomic E-state index is 12.3. The minimum atomic E-state index is -0.389. The van der Waals surface area contributed by atoms with Gasteiger partial charge in [0.25, 0.3) is 0 Å². The van der Waals surface area contributed by atoms with Crippen molar-refractivity contribution >= 4 is 23.8 Å². The standard InChI is InChI=1S/C17H22N2O2.C9H15N/c1-7-13(9-18-6)16-14(8-2)12(5)19-10-15(16)17(20)21-11(3)4;1-8(6-7-10)9-4-2-3-5-9/h7-11H,2H2,1,3-6H3;8-9H,2-6H2,1H3/b13-7+,18-9?;. The zero-order chi connectivity index (χ0) is 23.4. The zero-order valence-electron chi connectivity index (χ0n) is 19.9. The van der Waals surface area contributed by atoms with Gasteiger partial charge in [0.1, 0.15) is 0 Å². The summed E-state index contributed by atoms with van der Waals surface area (Å²) < 4.78 is 5.30. The minimum Gasteiger partial charge on any atom is -0.459 e. The van der Waals surface area contributed by atoms with Crippen LogP contribution >= 0.6 is 0 Å². The van der Waals surface area contributed by atoms with Crippen LogP contribution < -0.4 is 0 Å². The van der Waals surface area contributed by atoms with Gasteiger partial charge in [0.15, 0.2) is 0 Å². The number of ether oxygens (including phenoxy) is 1. The number of carbonyl (C=O) groups is 1. The lowest BCUT2D eigenvalue weighted by Gasteiger charge is -2.15. The maximum Gasteiger partial charge on any atom is 0.340 e. The van der Waals surface area contributed by atoms with Crippen molar-refractivity contribution in [2.75, 3.05) is 7.05 Å². The minimum absolute atomic E-state index is 0.187. The number of nitrogens with zero attached hydrogens (tertiary/aromatic N) is 3. The summed E-state index contributed by atoms with van der Waals surface area (Å²) in [6.45, 7) is 13.5. The number of allylic oxidation sites excluding steroid dienone is 2. The SMILES string of the molecule is C=Cc1c(C)ncc(C(=O)OC(C)C)c1/C(C=NC)=C/C.CC(CC#N)C1CCCC1. The maximum absolute atomic E-state index is 12.3. The number of nitriles is 1. The molecule has 5 heteroatoms. The van der Waals surface area contributed by atoms with Crippen LogP contribution in [-0.4, -0.2) is 30.3 Å². The van der Waals surface area contributed by atoms with E-state index in [-0.39, 0.29) is 12.1 Å². The Morgan fingerprint density at radius 2 is 2.03 bits per heavy atom. The molecule has 0 spiro atoms. The van der Waals surface area contributed by atoms with E-state index < -0.39 is 0 Å². The number of hydrogen-bond donors (Lipinski definition) is 0. The fraction of sp³-hybridized carbons (Fsp3) is 0.538. The second-order valence-electron chi connectivity index (χ2n) is 8.22. The molecular weight excluding hydrogens is 386 g/mol. The Kier molecular flexibility index (Phi) is 11.5. The molecule has 1 aliphatic rings. The van der Waals surface area contributed by atoms with Gasteiger partial charge >= 0.3 is 5.97 Å². The van der Waals surface area contributed by atoms with Gasteiger partial charge in [0, 0.05) is 42.7 Å². The van der Waals surface area contributed by atoms with E-state index in [2.05, 4.69) is 29.5 Å². The van der Waals surface area contributed by atoms with E-state index in [0.717, 1.165) is 34.7 Å². The predicted molar refractivity (Wildman–Crippen MR) is 129 cm³/mol. The summed E-state index contributed by atoms with van der Waals surface area (Å²) in [6.07, 6.45) is 12.9. The number of esters is 1. The normalized spacial score (nSPS) is 15.4. The van der Waals surface area contributed by atoms with Crippen molar-refractivity contribution in [1.82, 2.24) is 4.98 Å². The fourth-order valence-corrected chi connectivity index (χ4v) is 3.87. The van der Waals surface area contributed by atoms with Crippen molar-refractivity contribution in [2.45, 2.75) is 72.8 Å². The van der Waals surface area contributed by atoms with Gasteiger partial charge in [0.05, 0.1) is 17.7 Å². The first-order valence-electron chi connectivity index (χ1n) is 11.1. The van der Waals surface area contributed by atoms with Crippen molar-refractivity contribution in [3.63, 3.8) is 0 Å². The van der Waals surface area contributed by atoms with Crippen LogP contribution in [-0.2, 0) is 4.74 Å². The zero-order valence-corrected chi connectivity index (χ0v) is 19.9. The molecule has 5 nitrogen and oxygen atoms in total. The number of rotatable bonds is 7. The van der Waals surface area contributed by atoms with E-state index >= 15 is 0 Å². The molecule has 1 atom stereocenters. The summed E-state index contributed by atoms with van der Waals surface area (Å²) in [4.78, 5) is 20.6. The second kappa shape index (κ2) is 13.5. The molecule has 0 bridgehead atoms. The Morgan fingerprint density at radius 1 is 1.39 bits per heavy atom. The first-order chi connectivity index (χ1) is 14.8. The van der Waals surface area contributed by atoms with E-state index in [9.17, 15) is 4.79 Å². The van der Waals surface area contributed by atoms with Gasteiger partial charge in [-0.2, -0.15) is 5.26 Å². The fourth-order valence-electron chi connectivity index (χ4n) is 3.87. The van der Waals surface area contributed by atoms with E-state index in [4.69, 9.17) is 10.00 Å². The number of aryl methyl sites for hydroxylation is 1.